The summed E-state index contributed by atoms with van der Waals surface area (Å²) in [5.41, 5.74) is 7.10. The van der Waals surface area contributed by atoms with Gasteiger partial charge in [0.25, 0.3) is 0 Å². The van der Waals surface area contributed by atoms with Crippen molar-refractivity contribution in [3.05, 3.63) is 82.6 Å². The number of amides is 3. The van der Waals surface area contributed by atoms with Gasteiger partial charge in [-0.3, -0.25) is 14.4 Å². The lowest BCUT2D eigenvalue weighted by Crippen LogP contribution is -2.56. The largest absolute Gasteiger partial charge is 0.354 e. The Morgan fingerprint density at radius 3 is 2.48 bits per heavy atom. The molecule has 9 heteroatoms. The molecule has 2 aliphatic rings. The fourth-order valence-electron chi connectivity index (χ4n) is 6.72. The Kier molecular flexibility index (Phi) is 11.3. The number of likely N-dealkylation sites (N-methyl/N-ethyl adjacent to an activating group) is 2. The number of rotatable bonds is 14. The molecule has 3 aromatic rings. The Morgan fingerprint density at radius 1 is 1.02 bits per heavy atom. The van der Waals surface area contributed by atoms with E-state index in [2.05, 4.69) is 29.4 Å². The van der Waals surface area contributed by atoms with Gasteiger partial charge < -0.3 is 25.8 Å². The molecule has 46 heavy (non-hydrogen) atoms. The number of nitrogens with zero attached hydrogens (tertiary/aromatic N) is 3. The van der Waals surface area contributed by atoms with Gasteiger partial charge >= 0.3 is 0 Å². The number of nitrogens with two attached hydrogens (primary N) is 1. The smallest absolute Gasteiger partial charge is 0.246 e. The normalized spacial score (nSPS) is 19.1. The lowest BCUT2D eigenvalue weighted by molar-refractivity contribution is -0.146. The maximum absolute atomic E-state index is 14.5. The predicted molar refractivity (Wildman–Crippen MR) is 187 cm³/mol. The molecule has 0 radical (unpaired) electrons. The third kappa shape index (κ3) is 8.43. The van der Waals surface area contributed by atoms with Crippen LogP contribution in [0.15, 0.2) is 72.1 Å². The van der Waals surface area contributed by atoms with Gasteiger partial charge in [0.05, 0.1) is 0 Å². The monoisotopic (exact) mass is 643 g/mol. The van der Waals surface area contributed by atoms with Crippen molar-refractivity contribution in [2.24, 2.45) is 5.73 Å². The van der Waals surface area contributed by atoms with E-state index in [-0.39, 0.29) is 23.3 Å². The minimum Gasteiger partial charge on any atom is -0.354 e. The SMILES string of the molecule is CN1CCCC1CCNC(=O)[C@@H](Cc1cccs1)N(C)C(=O)[C@@H](Cc1ccc2ccccc2c1)N(C)C(=O)C=CCC1(N)CCC1. The van der Waals surface area contributed by atoms with E-state index in [0.29, 0.717) is 31.8 Å². The second kappa shape index (κ2) is 15.4. The molecule has 1 saturated carbocycles. The molecule has 5 rings (SSSR count). The molecule has 0 spiro atoms. The van der Waals surface area contributed by atoms with Crippen molar-refractivity contribution >= 4 is 39.8 Å². The molecule has 0 bridgehead atoms. The van der Waals surface area contributed by atoms with E-state index in [1.165, 1.54) is 11.3 Å². The summed E-state index contributed by atoms with van der Waals surface area (Å²) in [5, 5.41) is 7.31. The molecule has 1 aromatic heterocycles. The highest BCUT2D eigenvalue weighted by atomic mass is 32.1. The highest BCUT2D eigenvalue weighted by molar-refractivity contribution is 7.09. The first-order chi connectivity index (χ1) is 22.1. The van der Waals surface area contributed by atoms with Crippen LogP contribution in [0.5, 0.6) is 0 Å². The number of thiophene rings is 1. The fourth-order valence-corrected chi connectivity index (χ4v) is 7.46. The van der Waals surface area contributed by atoms with E-state index in [9.17, 15) is 14.4 Å². The molecule has 1 saturated heterocycles. The van der Waals surface area contributed by atoms with Crippen molar-refractivity contribution in [3.63, 3.8) is 0 Å². The fraction of sp³-hybridized carbons (Fsp3) is 0.486. The molecule has 2 fully saturated rings. The first-order valence-corrected chi connectivity index (χ1v) is 17.5. The van der Waals surface area contributed by atoms with Crippen molar-refractivity contribution in [3.8, 4) is 0 Å². The first-order valence-electron chi connectivity index (χ1n) is 16.6. The van der Waals surface area contributed by atoms with Gasteiger partial charge in [-0.2, -0.15) is 0 Å². The van der Waals surface area contributed by atoms with Crippen molar-refractivity contribution in [2.75, 3.05) is 34.2 Å². The summed E-state index contributed by atoms with van der Waals surface area (Å²) in [4.78, 5) is 48.2. The molecular formula is C37H49N5O3S. The molecular weight excluding hydrogens is 595 g/mol. The Morgan fingerprint density at radius 2 is 1.80 bits per heavy atom. The zero-order chi connectivity index (χ0) is 32.7. The molecule has 1 aliphatic heterocycles. The van der Waals surface area contributed by atoms with Gasteiger partial charge in [0.2, 0.25) is 17.7 Å². The molecule has 8 nitrogen and oxygen atoms in total. The van der Waals surface area contributed by atoms with Crippen LogP contribution in [0.1, 0.15) is 55.4 Å². The van der Waals surface area contributed by atoms with Gasteiger partial charge in [-0.1, -0.05) is 54.6 Å². The lowest BCUT2D eigenvalue weighted by atomic mass is 9.75. The third-order valence-electron chi connectivity index (χ3n) is 10.0. The van der Waals surface area contributed by atoms with Crippen LogP contribution < -0.4 is 11.1 Å². The van der Waals surface area contributed by atoms with Crippen molar-refractivity contribution < 1.29 is 14.4 Å². The van der Waals surface area contributed by atoms with E-state index in [0.717, 1.165) is 59.9 Å². The summed E-state index contributed by atoms with van der Waals surface area (Å²) in [7, 11) is 5.51. The maximum atomic E-state index is 14.5. The van der Waals surface area contributed by atoms with E-state index in [4.69, 9.17) is 5.73 Å². The minimum atomic E-state index is -0.801. The van der Waals surface area contributed by atoms with Gasteiger partial charge in [-0.25, -0.2) is 0 Å². The zero-order valence-electron chi connectivity index (χ0n) is 27.5. The van der Waals surface area contributed by atoms with Crippen LogP contribution in [0.3, 0.4) is 0 Å². The van der Waals surface area contributed by atoms with E-state index < -0.39 is 12.1 Å². The van der Waals surface area contributed by atoms with Crippen molar-refractivity contribution in [2.45, 2.75) is 81.5 Å². The third-order valence-corrected chi connectivity index (χ3v) is 10.9. The van der Waals surface area contributed by atoms with Crippen molar-refractivity contribution in [1.29, 1.82) is 0 Å². The van der Waals surface area contributed by atoms with Gasteiger partial charge in [-0.05, 0) is 92.4 Å². The highest BCUT2D eigenvalue weighted by Gasteiger charge is 2.35. The first kappa shape index (κ1) is 33.8. The summed E-state index contributed by atoms with van der Waals surface area (Å²) in [6.45, 7) is 1.65. The molecule has 2 heterocycles. The number of hydrogen-bond donors (Lipinski definition) is 2. The van der Waals surface area contributed by atoms with Crippen LogP contribution in [-0.4, -0.2) is 90.3 Å². The summed E-state index contributed by atoms with van der Waals surface area (Å²) in [5.74, 6) is -0.689. The number of nitrogens with one attached hydrogen (secondary N) is 1. The summed E-state index contributed by atoms with van der Waals surface area (Å²) >= 11 is 1.57. The summed E-state index contributed by atoms with van der Waals surface area (Å²) in [6.07, 6.45) is 11.0. The molecule has 1 aliphatic carbocycles. The topological polar surface area (TPSA) is 99.0 Å². The standard InChI is InChI=1S/C37H49N5O3S/c1-40-22-7-12-30(40)17-21-39-35(44)32(26-31-13-8-23-46-31)42(3)36(45)33(25-27-15-16-28-10-4-5-11-29(28)24-27)41(2)34(43)14-6-18-37(38)19-9-20-37/h4-6,8,10-11,13-16,23-24,30,32-33H,7,9,12,17-22,25-26,38H2,1-3H3,(H,39,44)/t30?,32-,33-/m1/s1. The van der Waals surface area contributed by atoms with Crippen LogP contribution in [0.25, 0.3) is 10.8 Å². The van der Waals surface area contributed by atoms with Crippen LogP contribution in [0.4, 0.5) is 0 Å². The summed E-state index contributed by atoms with van der Waals surface area (Å²) < 4.78 is 0. The molecule has 3 N–H and O–H groups in total. The number of benzene rings is 2. The second-order valence-corrected chi connectivity index (χ2v) is 14.3. The number of likely N-dealkylation sites (tertiary alicyclic amines) is 1. The van der Waals surface area contributed by atoms with Gasteiger partial charge in [0.1, 0.15) is 12.1 Å². The van der Waals surface area contributed by atoms with E-state index in [1.54, 1.807) is 36.4 Å². The molecule has 1 unspecified atom stereocenters. The van der Waals surface area contributed by atoms with E-state index >= 15 is 0 Å². The average molecular weight is 644 g/mol. The Hall–Kier alpha value is -3.53. The number of fused-ring (bicyclic) bond motifs is 1. The lowest BCUT2D eigenvalue weighted by Gasteiger charge is -2.37. The predicted octanol–water partition coefficient (Wildman–Crippen LogP) is 4.77. The molecule has 3 atom stereocenters. The molecule has 3 amide bonds. The minimum absolute atomic E-state index is 0.169. The number of hydrogen-bond acceptors (Lipinski definition) is 6. The van der Waals surface area contributed by atoms with Crippen LogP contribution in [0, 0.1) is 0 Å². The highest BCUT2D eigenvalue weighted by Crippen LogP contribution is 2.32. The van der Waals surface area contributed by atoms with Gasteiger partial charge in [0, 0.05) is 49.9 Å². The van der Waals surface area contributed by atoms with E-state index in [1.807, 2.05) is 53.9 Å². The Balaban J connectivity index is 1.36. The van der Waals surface area contributed by atoms with Gasteiger partial charge in [0.15, 0.2) is 0 Å². The summed E-state index contributed by atoms with van der Waals surface area (Å²) in [6, 6.07) is 17.2. The molecule has 246 valence electrons. The maximum Gasteiger partial charge on any atom is 0.246 e. The molecule has 2 aromatic carbocycles. The van der Waals surface area contributed by atoms with Crippen molar-refractivity contribution in [1.82, 2.24) is 20.0 Å². The number of carbonyl (C=O) groups is 3. The van der Waals surface area contributed by atoms with Crippen LogP contribution in [-0.2, 0) is 27.2 Å². The van der Waals surface area contributed by atoms with Gasteiger partial charge in [-0.15, -0.1) is 11.3 Å². The quantitative estimate of drug-likeness (QED) is 0.247. The average Bonchev–Trinajstić information content (AvgIpc) is 3.72. The zero-order valence-corrected chi connectivity index (χ0v) is 28.3. The number of carbonyl (C=O) groups excluding carboxylic acids is 3. The van der Waals surface area contributed by atoms with Crippen LogP contribution >= 0.6 is 11.3 Å². The van der Waals surface area contributed by atoms with Crippen LogP contribution in [0.2, 0.25) is 0 Å². The second-order valence-electron chi connectivity index (χ2n) is 13.3. The Bertz CT molecular complexity index is 1520. The Labute approximate surface area is 277 Å².